The van der Waals surface area contributed by atoms with Crippen LogP contribution in [0, 0.1) is 6.92 Å². The molecule has 0 aliphatic carbocycles. The van der Waals surface area contributed by atoms with E-state index >= 15 is 0 Å². The van der Waals surface area contributed by atoms with E-state index in [4.69, 9.17) is 5.73 Å². The molecule has 0 saturated carbocycles. The number of nitrogens with two attached hydrogens (primary N) is 1. The lowest BCUT2D eigenvalue weighted by Crippen LogP contribution is -2.25. The van der Waals surface area contributed by atoms with E-state index < -0.39 is 0 Å². The Morgan fingerprint density at radius 2 is 1.88 bits per heavy atom. The lowest BCUT2D eigenvalue weighted by Gasteiger charge is -2.17. The first-order valence-corrected chi connectivity index (χ1v) is 5.68. The second kappa shape index (κ2) is 6.28. The van der Waals surface area contributed by atoms with Gasteiger partial charge >= 0.3 is 0 Å². The highest BCUT2D eigenvalue weighted by Crippen LogP contribution is 2.14. The van der Waals surface area contributed by atoms with E-state index in [1.807, 2.05) is 38.2 Å². The van der Waals surface area contributed by atoms with E-state index in [9.17, 15) is 4.79 Å². The van der Waals surface area contributed by atoms with E-state index in [1.54, 1.807) is 4.90 Å². The van der Waals surface area contributed by atoms with Gasteiger partial charge in [-0.2, -0.15) is 0 Å². The smallest absolute Gasteiger partial charge is 0.226 e. The molecule has 0 atom stereocenters. The molecule has 0 bridgehead atoms. The highest BCUT2D eigenvalue weighted by Gasteiger charge is 2.09. The number of unbranched alkanes of at least 4 members (excludes halogenated alkanes) is 1. The maximum absolute atomic E-state index is 11.8. The molecule has 1 amide bonds. The standard InChI is InChI=1S/C13H20N2O/c1-11-6-8-12(9-7-11)15(2)13(16)5-3-4-10-14/h6-9H,3-5,10,14H2,1-2H3. The predicted octanol–water partition coefficient (Wildman–Crippen LogP) is 2.09. The Hall–Kier alpha value is -1.35. The summed E-state index contributed by atoms with van der Waals surface area (Å²) in [5, 5.41) is 0. The molecule has 88 valence electrons. The number of benzene rings is 1. The fourth-order valence-electron chi connectivity index (χ4n) is 1.50. The molecule has 0 aliphatic heterocycles. The second-order valence-electron chi connectivity index (χ2n) is 4.03. The molecule has 0 spiro atoms. The normalized spacial score (nSPS) is 10.2. The first-order valence-electron chi connectivity index (χ1n) is 5.68. The van der Waals surface area contributed by atoms with Crippen LogP contribution in [0.5, 0.6) is 0 Å². The molecule has 0 unspecified atom stereocenters. The van der Waals surface area contributed by atoms with Crippen LogP contribution in [-0.4, -0.2) is 19.5 Å². The van der Waals surface area contributed by atoms with Crippen molar-refractivity contribution in [1.82, 2.24) is 0 Å². The number of hydrogen-bond donors (Lipinski definition) is 1. The van der Waals surface area contributed by atoms with E-state index in [0.29, 0.717) is 13.0 Å². The molecule has 3 nitrogen and oxygen atoms in total. The van der Waals surface area contributed by atoms with Gasteiger partial charge in [0.05, 0.1) is 0 Å². The van der Waals surface area contributed by atoms with Gasteiger partial charge in [0.15, 0.2) is 0 Å². The van der Waals surface area contributed by atoms with Gasteiger partial charge < -0.3 is 10.6 Å². The van der Waals surface area contributed by atoms with Crippen LogP contribution < -0.4 is 10.6 Å². The zero-order valence-corrected chi connectivity index (χ0v) is 10.1. The summed E-state index contributed by atoms with van der Waals surface area (Å²) in [6, 6.07) is 7.96. The van der Waals surface area contributed by atoms with E-state index in [0.717, 1.165) is 18.5 Å². The highest BCUT2D eigenvalue weighted by molar-refractivity contribution is 5.92. The van der Waals surface area contributed by atoms with Crippen molar-refractivity contribution >= 4 is 11.6 Å². The molecular formula is C13H20N2O. The maximum Gasteiger partial charge on any atom is 0.226 e. The Morgan fingerprint density at radius 1 is 1.25 bits per heavy atom. The van der Waals surface area contributed by atoms with Crippen LogP contribution in [0.4, 0.5) is 5.69 Å². The molecule has 1 rings (SSSR count). The molecule has 0 aliphatic rings. The monoisotopic (exact) mass is 220 g/mol. The molecule has 16 heavy (non-hydrogen) atoms. The molecule has 0 heterocycles. The minimum absolute atomic E-state index is 0.150. The summed E-state index contributed by atoms with van der Waals surface area (Å²) in [6.45, 7) is 2.69. The van der Waals surface area contributed by atoms with Crippen molar-refractivity contribution in [3.05, 3.63) is 29.8 Å². The van der Waals surface area contributed by atoms with Crippen LogP contribution in [0.25, 0.3) is 0 Å². The molecular weight excluding hydrogens is 200 g/mol. The van der Waals surface area contributed by atoms with Crippen LogP contribution in [-0.2, 0) is 4.79 Å². The van der Waals surface area contributed by atoms with E-state index in [1.165, 1.54) is 5.56 Å². The van der Waals surface area contributed by atoms with E-state index in [2.05, 4.69) is 0 Å². The Balaban J connectivity index is 2.53. The summed E-state index contributed by atoms with van der Waals surface area (Å²) in [4.78, 5) is 13.5. The molecule has 1 aromatic carbocycles. The summed E-state index contributed by atoms with van der Waals surface area (Å²) >= 11 is 0. The molecule has 0 saturated heterocycles. The first-order chi connectivity index (χ1) is 7.65. The van der Waals surface area contributed by atoms with Crippen LogP contribution in [0.1, 0.15) is 24.8 Å². The fourth-order valence-corrected chi connectivity index (χ4v) is 1.50. The number of nitrogens with zero attached hydrogens (tertiary/aromatic N) is 1. The third-order valence-corrected chi connectivity index (χ3v) is 2.64. The number of amides is 1. The third kappa shape index (κ3) is 3.66. The van der Waals surface area contributed by atoms with Gasteiger partial charge in [-0.15, -0.1) is 0 Å². The van der Waals surface area contributed by atoms with Crippen LogP contribution in [0.15, 0.2) is 24.3 Å². The fraction of sp³-hybridized carbons (Fsp3) is 0.462. The zero-order chi connectivity index (χ0) is 12.0. The van der Waals surface area contributed by atoms with Crippen molar-refractivity contribution in [1.29, 1.82) is 0 Å². The molecule has 0 aromatic heterocycles. The quantitative estimate of drug-likeness (QED) is 0.772. The average molecular weight is 220 g/mol. The van der Waals surface area contributed by atoms with Crippen molar-refractivity contribution < 1.29 is 4.79 Å². The summed E-state index contributed by atoms with van der Waals surface area (Å²) in [5.74, 6) is 0.150. The lowest BCUT2D eigenvalue weighted by atomic mass is 10.2. The molecule has 0 fully saturated rings. The second-order valence-corrected chi connectivity index (χ2v) is 4.03. The topological polar surface area (TPSA) is 46.3 Å². The minimum Gasteiger partial charge on any atom is -0.330 e. The zero-order valence-electron chi connectivity index (χ0n) is 10.1. The number of hydrogen-bond acceptors (Lipinski definition) is 2. The van der Waals surface area contributed by atoms with Gasteiger partial charge in [-0.3, -0.25) is 4.79 Å². The minimum atomic E-state index is 0.150. The van der Waals surface area contributed by atoms with E-state index in [-0.39, 0.29) is 5.91 Å². The highest BCUT2D eigenvalue weighted by atomic mass is 16.2. The predicted molar refractivity (Wildman–Crippen MR) is 67.5 cm³/mol. The van der Waals surface area contributed by atoms with Gasteiger partial charge in [-0.25, -0.2) is 0 Å². The van der Waals surface area contributed by atoms with Crippen LogP contribution >= 0.6 is 0 Å². The third-order valence-electron chi connectivity index (χ3n) is 2.64. The largest absolute Gasteiger partial charge is 0.330 e. The Labute approximate surface area is 97.2 Å². The summed E-state index contributed by atoms with van der Waals surface area (Å²) in [6.07, 6.45) is 2.35. The summed E-state index contributed by atoms with van der Waals surface area (Å²) in [5.41, 5.74) is 7.54. The Bertz CT molecular complexity index is 332. The SMILES string of the molecule is Cc1ccc(N(C)C(=O)CCCCN)cc1. The number of anilines is 1. The van der Waals surface area contributed by atoms with Gasteiger partial charge in [0.2, 0.25) is 5.91 Å². The average Bonchev–Trinajstić information content (AvgIpc) is 2.29. The van der Waals surface area contributed by atoms with Crippen molar-refractivity contribution in [2.45, 2.75) is 26.2 Å². The summed E-state index contributed by atoms with van der Waals surface area (Å²) in [7, 11) is 1.81. The molecule has 3 heteroatoms. The molecule has 0 radical (unpaired) electrons. The van der Waals surface area contributed by atoms with Crippen molar-refractivity contribution in [2.24, 2.45) is 5.73 Å². The van der Waals surface area contributed by atoms with Gasteiger partial charge in [0.25, 0.3) is 0 Å². The van der Waals surface area contributed by atoms with Crippen molar-refractivity contribution in [2.75, 3.05) is 18.5 Å². The summed E-state index contributed by atoms with van der Waals surface area (Å²) < 4.78 is 0. The molecule has 1 aromatic rings. The Kier molecular flexibility index (Phi) is 4.99. The van der Waals surface area contributed by atoms with Crippen LogP contribution in [0.2, 0.25) is 0 Å². The maximum atomic E-state index is 11.8. The van der Waals surface area contributed by atoms with Gasteiger partial charge in [0, 0.05) is 19.2 Å². The number of rotatable bonds is 5. The van der Waals surface area contributed by atoms with Crippen molar-refractivity contribution in [3.8, 4) is 0 Å². The van der Waals surface area contributed by atoms with Gasteiger partial charge in [-0.1, -0.05) is 17.7 Å². The lowest BCUT2D eigenvalue weighted by molar-refractivity contribution is -0.118. The number of carbonyl (C=O) groups excluding carboxylic acids is 1. The van der Waals surface area contributed by atoms with Gasteiger partial charge in [-0.05, 0) is 38.4 Å². The molecule has 2 N–H and O–H groups in total. The van der Waals surface area contributed by atoms with Crippen molar-refractivity contribution in [3.63, 3.8) is 0 Å². The van der Waals surface area contributed by atoms with Crippen LogP contribution in [0.3, 0.4) is 0 Å². The number of aryl methyl sites for hydroxylation is 1. The Morgan fingerprint density at radius 3 is 2.44 bits per heavy atom. The van der Waals surface area contributed by atoms with Gasteiger partial charge in [0.1, 0.15) is 0 Å². The first kappa shape index (κ1) is 12.7. The number of carbonyl (C=O) groups is 1.